The average molecular weight is 242 g/mol. The number of aliphatic hydroxyl groups is 1. The summed E-state index contributed by atoms with van der Waals surface area (Å²) in [5.41, 5.74) is 0. The largest absolute Gasteiger partial charge is 0.393 e. The number of nitrogens with zero attached hydrogens (tertiary/aromatic N) is 2. The summed E-state index contributed by atoms with van der Waals surface area (Å²) in [7, 11) is 4.32. The molecule has 0 saturated carbocycles. The summed E-state index contributed by atoms with van der Waals surface area (Å²) in [5, 5.41) is 9.96. The second-order valence-corrected chi connectivity index (χ2v) is 5.71. The molecule has 3 unspecified atom stereocenters. The maximum Gasteiger partial charge on any atom is 0.0624 e. The molecule has 0 aliphatic carbocycles. The van der Waals surface area contributed by atoms with Crippen LogP contribution in [0.3, 0.4) is 0 Å². The van der Waals surface area contributed by atoms with Crippen molar-refractivity contribution in [2.75, 3.05) is 46.9 Å². The van der Waals surface area contributed by atoms with E-state index in [9.17, 15) is 5.11 Å². The normalized spacial score (nSPS) is 36.4. The molecule has 0 aromatic heterocycles. The van der Waals surface area contributed by atoms with Crippen molar-refractivity contribution in [3.05, 3.63) is 0 Å². The third-order valence-electron chi connectivity index (χ3n) is 4.14. The molecule has 2 aliphatic heterocycles. The third-order valence-corrected chi connectivity index (χ3v) is 4.14. The molecule has 1 N–H and O–H groups in total. The molecular weight excluding hydrogens is 216 g/mol. The summed E-state index contributed by atoms with van der Waals surface area (Å²) in [6.45, 7) is 4.75. The SMILES string of the molecule is CN(C)C1CCCN(CC2COCCC2O)C1. The zero-order valence-corrected chi connectivity index (χ0v) is 11.1. The van der Waals surface area contributed by atoms with Gasteiger partial charge in [0.2, 0.25) is 0 Å². The van der Waals surface area contributed by atoms with E-state index in [0.29, 0.717) is 12.0 Å². The quantitative estimate of drug-likeness (QED) is 0.777. The highest BCUT2D eigenvalue weighted by Gasteiger charge is 2.28. The van der Waals surface area contributed by atoms with Gasteiger partial charge in [0.05, 0.1) is 12.7 Å². The first-order valence-corrected chi connectivity index (χ1v) is 6.81. The number of likely N-dealkylation sites (tertiary alicyclic amines) is 1. The maximum absolute atomic E-state index is 9.96. The number of hydrogen-bond donors (Lipinski definition) is 1. The number of aliphatic hydroxyl groups excluding tert-OH is 1. The van der Waals surface area contributed by atoms with Crippen LogP contribution in [-0.4, -0.2) is 74.0 Å². The van der Waals surface area contributed by atoms with Crippen LogP contribution < -0.4 is 0 Å². The highest BCUT2D eigenvalue weighted by atomic mass is 16.5. The van der Waals surface area contributed by atoms with E-state index in [0.717, 1.165) is 32.7 Å². The van der Waals surface area contributed by atoms with Gasteiger partial charge in [-0.15, -0.1) is 0 Å². The van der Waals surface area contributed by atoms with Gasteiger partial charge in [-0.25, -0.2) is 0 Å². The number of likely N-dealkylation sites (N-methyl/N-ethyl adjacent to an activating group) is 1. The third kappa shape index (κ3) is 3.65. The molecule has 0 aromatic rings. The van der Waals surface area contributed by atoms with Gasteiger partial charge in [-0.05, 0) is 39.9 Å². The molecule has 2 rings (SSSR count). The molecule has 2 heterocycles. The Balaban J connectivity index is 1.81. The topological polar surface area (TPSA) is 35.9 Å². The molecule has 0 bridgehead atoms. The zero-order valence-electron chi connectivity index (χ0n) is 11.1. The first-order chi connectivity index (χ1) is 8.16. The summed E-state index contributed by atoms with van der Waals surface area (Å²) in [4.78, 5) is 4.82. The van der Waals surface area contributed by atoms with Crippen LogP contribution in [0.1, 0.15) is 19.3 Å². The van der Waals surface area contributed by atoms with Crippen LogP contribution in [0.25, 0.3) is 0 Å². The van der Waals surface area contributed by atoms with E-state index in [1.54, 1.807) is 0 Å². The van der Waals surface area contributed by atoms with Crippen LogP contribution in [0.15, 0.2) is 0 Å². The van der Waals surface area contributed by atoms with Gasteiger partial charge < -0.3 is 19.6 Å². The van der Waals surface area contributed by atoms with E-state index < -0.39 is 0 Å². The van der Waals surface area contributed by atoms with Crippen LogP contribution in [0.2, 0.25) is 0 Å². The second kappa shape index (κ2) is 6.14. The minimum atomic E-state index is -0.163. The van der Waals surface area contributed by atoms with Crippen LogP contribution in [0.5, 0.6) is 0 Å². The van der Waals surface area contributed by atoms with Gasteiger partial charge in [0.25, 0.3) is 0 Å². The minimum Gasteiger partial charge on any atom is -0.393 e. The lowest BCUT2D eigenvalue weighted by atomic mass is 9.96. The molecular formula is C13H26N2O2. The van der Waals surface area contributed by atoms with Crippen LogP contribution in [-0.2, 0) is 4.74 Å². The van der Waals surface area contributed by atoms with Gasteiger partial charge >= 0.3 is 0 Å². The molecule has 3 atom stereocenters. The Morgan fingerprint density at radius 3 is 2.88 bits per heavy atom. The molecule has 2 saturated heterocycles. The minimum absolute atomic E-state index is 0.163. The van der Waals surface area contributed by atoms with E-state index in [2.05, 4.69) is 23.9 Å². The molecule has 2 aliphatic rings. The number of rotatable bonds is 3. The van der Waals surface area contributed by atoms with Crippen molar-refractivity contribution in [3.8, 4) is 0 Å². The molecule has 17 heavy (non-hydrogen) atoms. The molecule has 4 heteroatoms. The van der Waals surface area contributed by atoms with Gasteiger partial charge in [0.15, 0.2) is 0 Å². The fraction of sp³-hybridized carbons (Fsp3) is 1.00. The van der Waals surface area contributed by atoms with Crippen molar-refractivity contribution in [1.29, 1.82) is 0 Å². The number of hydrogen-bond acceptors (Lipinski definition) is 4. The lowest BCUT2D eigenvalue weighted by Gasteiger charge is -2.39. The highest BCUT2D eigenvalue weighted by Crippen LogP contribution is 2.20. The van der Waals surface area contributed by atoms with Crippen molar-refractivity contribution >= 4 is 0 Å². The van der Waals surface area contributed by atoms with Gasteiger partial charge in [0, 0.05) is 31.7 Å². The van der Waals surface area contributed by atoms with Crippen LogP contribution in [0.4, 0.5) is 0 Å². The van der Waals surface area contributed by atoms with Crippen LogP contribution in [0, 0.1) is 5.92 Å². The average Bonchev–Trinajstić information content (AvgIpc) is 2.32. The molecule has 0 spiro atoms. The van der Waals surface area contributed by atoms with Crippen LogP contribution >= 0.6 is 0 Å². The van der Waals surface area contributed by atoms with Crippen molar-refractivity contribution < 1.29 is 9.84 Å². The molecule has 0 radical (unpaired) electrons. The Labute approximate surface area is 105 Å². The fourth-order valence-electron chi connectivity index (χ4n) is 2.91. The maximum atomic E-state index is 9.96. The Bertz CT molecular complexity index is 235. The van der Waals surface area contributed by atoms with E-state index in [1.807, 2.05) is 0 Å². The predicted octanol–water partition coefficient (Wildman–Crippen LogP) is 0.410. The Morgan fingerprint density at radius 2 is 2.18 bits per heavy atom. The molecule has 0 aromatic carbocycles. The number of ether oxygens (including phenoxy) is 1. The van der Waals surface area contributed by atoms with E-state index >= 15 is 0 Å². The van der Waals surface area contributed by atoms with E-state index in [-0.39, 0.29) is 6.10 Å². The fourth-order valence-corrected chi connectivity index (χ4v) is 2.91. The summed E-state index contributed by atoms with van der Waals surface area (Å²) < 4.78 is 5.47. The lowest BCUT2D eigenvalue weighted by Crippen LogP contribution is -2.49. The predicted molar refractivity (Wildman–Crippen MR) is 68.1 cm³/mol. The van der Waals surface area contributed by atoms with E-state index in [1.165, 1.54) is 19.4 Å². The number of piperidine rings is 1. The zero-order chi connectivity index (χ0) is 12.3. The van der Waals surface area contributed by atoms with E-state index in [4.69, 9.17) is 4.74 Å². The highest BCUT2D eigenvalue weighted by molar-refractivity contribution is 4.82. The standard InChI is InChI=1S/C13H26N2O2/c1-14(2)12-4-3-6-15(9-12)8-11-10-17-7-5-13(11)16/h11-13,16H,3-10H2,1-2H3. The first-order valence-electron chi connectivity index (χ1n) is 6.81. The Morgan fingerprint density at radius 1 is 1.35 bits per heavy atom. The van der Waals surface area contributed by atoms with Crippen molar-refractivity contribution in [2.24, 2.45) is 5.92 Å². The van der Waals surface area contributed by atoms with Gasteiger partial charge in [-0.3, -0.25) is 0 Å². The van der Waals surface area contributed by atoms with Crippen molar-refractivity contribution in [1.82, 2.24) is 9.80 Å². The summed E-state index contributed by atoms with van der Waals surface area (Å²) >= 11 is 0. The smallest absolute Gasteiger partial charge is 0.0624 e. The monoisotopic (exact) mass is 242 g/mol. The van der Waals surface area contributed by atoms with Crippen molar-refractivity contribution in [3.63, 3.8) is 0 Å². The van der Waals surface area contributed by atoms with Gasteiger partial charge in [-0.2, -0.15) is 0 Å². The summed E-state index contributed by atoms with van der Waals surface area (Å²) in [6, 6.07) is 0.672. The van der Waals surface area contributed by atoms with Gasteiger partial charge in [-0.1, -0.05) is 0 Å². The lowest BCUT2D eigenvalue weighted by molar-refractivity contribution is -0.0505. The van der Waals surface area contributed by atoms with Crippen molar-refractivity contribution in [2.45, 2.75) is 31.4 Å². The first kappa shape index (κ1) is 13.3. The Hall–Kier alpha value is -0.160. The second-order valence-electron chi connectivity index (χ2n) is 5.71. The summed E-state index contributed by atoms with van der Waals surface area (Å²) in [6.07, 6.45) is 3.21. The molecule has 2 fully saturated rings. The molecule has 100 valence electrons. The molecule has 0 amide bonds. The van der Waals surface area contributed by atoms with Gasteiger partial charge in [0.1, 0.15) is 0 Å². The molecule has 4 nitrogen and oxygen atoms in total. The summed E-state index contributed by atoms with van der Waals surface area (Å²) in [5.74, 6) is 0.310. The Kier molecular flexibility index (Phi) is 4.79.